The molecule has 0 radical (unpaired) electrons. The second kappa shape index (κ2) is 11.8. The van der Waals surface area contributed by atoms with Crippen LogP contribution in [0.2, 0.25) is 0 Å². The van der Waals surface area contributed by atoms with E-state index in [4.69, 9.17) is 14.2 Å². The standard InChI is InChI=1S/C33H48O6/c1-20(2)30-23(5)13-14-32(39-30)18-27-17-26(38-32)12-11-22(4)15-21(3)9-8-10-25(7)33(36)19-29(34)24(6)16-28(33)31(35)37-27/h8-11,16,20-21,23,26-28,30,36H,12-15,17-19H2,1-7H3/b9-8+,22-11+,25-10+/t21-,23-,26+,27-,28-,30+,32+,33+/m0/s1. The molecular weight excluding hydrogens is 492 g/mol. The van der Waals surface area contributed by atoms with Crippen molar-refractivity contribution in [1.82, 2.24) is 0 Å². The summed E-state index contributed by atoms with van der Waals surface area (Å²) in [5, 5.41) is 11.8. The Bertz CT molecular complexity index is 1070. The zero-order valence-corrected chi connectivity index (χ0v) is 24.9. The number of aliphatic hydroxyl groups is 1. The Hall–Kier alpha value is -2.02. The van der Waals surface area contributed by atoms with Gasteiger partial charge in [-0.1, -0.05) is 63.6 Å². The van der Waals surface area contributed by atoms with E-state index in [-0.39, 0.29) is 24.4 Å². The Morgan fingerprint density at radius 3 is 2.54 bits per heavy atom. The van der Waals surface area contributed by atoms with Crippen molar-refractivity contribution < 1.29 is 28.9 Å². The molecule has 6 heteroatoms. The van der Waals surface area contributed by atoms with E-state index >= 15 is 0 Å². The first-order chi connectivity index (χ1) is 18.3. The molecule has 0 aromatic carbocycles. The van der Waals surface area contributed by atoms with Crippen LogP contribution in [0.5, 0.6) is 0 Å². The smallest absolute Gasteiger partial charge is 0.316 e. The highest BCUT2D eigenvalue weighted by Crippen LogP contribution is 2.45. The second-order valence-corrected chi connectivity index (χ2v) is 13.0. The highest BCUT2D eigenvalue weighted by molar-refractivity contribution is 5.99. The molecule has 1 N–H and O–H groups in total. The maximum Gasteiger partial charge on any atom is 0.316 e. The summed E-state index contributed by atoms with van der Waals surface area (Å²) in [5.74, 6) is -1.33. The van der Waals surface area contributed by atoms with Gasteiger partial charge in [0.25, 0.3) is 0 Å². The fraction of sp³-hybridized carbons (Fsp3) is 0.697. The number of ketones is 1. The summed E-state index contributed by atoms with van der Waals surface area (Å²) in [4.78, 5) is 26.4. The number of fused-ring (bicyclic) bond motifs is 3. The summed E-state index contributed by atoms with van der Waals surface area (Å²) in [6.45, 7) is 14.4. The largest absolute Gasteiger partial charge is 0.462 e. The molecular formula is C33H48O6. The minimum Gasteiger partial charge on any atom is -0.462 e. The van der Waals surface area contributed by atoms with Gasteiger partial charge in [-0.15, -0.1) is 0 Å². The van der Waals surface area contributed by atoms with Gasteiger partial charge in [-0.25, -0.2) is 0 Å². The first kappa shape index (κ1) is 30.0. The Balaban J connectivity index is 1.71. The predicted molar refractivity (Wildman–Crippen MR) is 152 cm³/mol. The first-order valence-electron chi connectivity index (χ1n) is 14.8. The lowest BCUT2D eigenvalue weighted by Crippen LogP contribution is -2.55. The third kappa shape index (κ3) is 6.66. The number of Topliss-reactive ketones (excluding diaryl/α,β-unsaturated/α-hetero) is 1. The maximum atomic E-state index is 13.8. The van der Waals surface area contributed by atoms with E-state index < -0.39 is 29.4 Å². The number of hydrogen-bond acceptors (Lipinski definition) is 6. The van der Waals surface area contributed by atoms with Gasteiger partial charge in [0.15, 0.2) is 11.6 Å². The van der Waals surface area contributed by atoms with Crippen LogP contribution in [0.4, 0.5) is 0 Å². The summed E-state index contributed by atoms with van der Waals surface area (Å²) in [6, 6.07) is 0. The van der Waals surface area contributed by atoms with Crippen LogP contribution in [0.3, 0.4) is 0 Å². The van der Waals surface area contributed by atoms with Crippen molar-refractivity contribution in [3.8, 4) is 0 Å². The minimum atomic E-state index is -1.63. The van der Waals surface area contributed by atoms with Crippen molar-refractivity contribution in [2.45, 2.75) is 123 Å². The van der Waals surface area contributed by atoms with Crippen LogP contribution in [-0.4, -0.2) is 46.6 Å². The van der Waals surface area contributed by atoms with E-state index in [1.54, 1.807) is 19.9 Å². The molecule has 4 aliphatic rings. The van der Waals surface area contributed by atoms with Crippen LogP contribution >= 0.6 is 0 Å². The van der Waals surface area contributed by atoms with Gasteiger partial charge in [-0.05, 0) is 68.9 Å². The van der Waals surface area contributed by atoms with Gasteiger partial charge in [0.05, 0.1) is 12.2 Å². The average molecular weight is 541 g/mol. The van der Waals surface area contributed by atoms with Gasteiger partial charge in [0.1, 0.15) is 17.6 Å². The molecule has 3 heterocycles. The van der Waals surface area contributed by atoms with Crippen molar-refractivity contribution >= 4 is 11.8 Å². The molecule has 0 unspecified atom stereocenters. The van der Waals surface area contributed by atoms with Gasteiger partial charge >= 0.3 is 5.97 Å². The van der Waals surface area contributed by atoms with Crippen molar-refractivity contribution in [2.75, 3.05) is 0 Å². The molecule has 2 bridgehead atoms. The molecule has 0 saturated carbocycles. The molecule has 8 atom stereocenters. The fourth-order valence-corrected chi connectivity index (χ4v) is 6.81. The molecule has 1 spiro atoms. The number of carbonyl (C=O) groups is 2. The molecule has 2 saturated heterocycles. The quantitative estimate of drug-likeness (QED) is 0.307. The third-order valence-corrected chi connectivity index (χ3v) is 9.17. The van der Waals surface area contributed by atoms with Gasteiger partial charge < -0.3 is 19.3 Å². The molecule has 0 aromatic heterocycles. The van der Waals surface area contributed by atoms with E-state index in [9.17, 15) is 14.7 Å². The highest BCUT2D eigenvalue weighted by Gasteiger charge is 2.51. The fourth-order valence-electron chi connectivity index (χ4n) is 6.81. The predicted octanol–water partition coefficient (Wildman–Crippen LogP) is 6.39. The van der Waals surface area contributed by atoms with Gasteiger partial charge in [0, 0.05) is 25.7 Å². The Kier molecular flexibility index (Phi) is 9.09. The molecule has 2 fully saturated rings. The number of rotatable bonds is 1. The van der Waals surface area contributed by atoms with E-state index in [2.05, 4.69) is 46.8 Å². The molecule has 39 heavy (non-hydrogen) atoms. The maximum absolute atomic E-state index is 13.8. The lowest BCUT2D eigenvalue weighted by Gasteiger charge is -2.50. The highest BCUT2D eigenvalue weighted by atomic mass is 16.7. The number of allylic oxidation sites excluding steroid dienone is 5. The molecule has 0 amide bonds. The zero-order valence-electron chi connectivity index (χ0n) is 24.9. The number of hydrogen-bond donors (Lipinski definition) is 1. The second-order valence-electron chi connectivity index (χ2n) is 13.0. The van der Waals surface area contributed by atoms with E-state index in [0.717, 1.165) is 25.7 Å². The van der Waals surface area contributed by atoms with E-state index in [1.165, 1.54) is 5.57 Å². The molecule has 216 valence electrons. The van der Waals surface area contributed by atoms with Crippen LogP contribution in [0.25, 0.3) is 0 Å². The lowest BCUT2D eigenvalue weighted by molar-refractivity contribution is -0.340. The van der Waals surface area contributed by atoms with Crippen LogP contribution in [-0.2, 0) is 23.8 Å². The van der Waals surface area contributed by atoms with Gasteiger partial charge in [-0.2, -0.15) is 0 Å². The molecule has 6 nitrogen and oxygen atoms in total. The summed E-state index contributed by atoms with van der Waals surface area (Å²) in [5.41, 5.74) is 0.720. The normalized spacial score (nSPS) is 44.0. The monoisotopic (exact) mass is 540 g/mol. The number of esters is 1. The van der Waals surface area contributed by atoms with Crippen LogP contribution in [0.1, 0.15) is 93.4 Å². The molecule has 4 rings (SSSR count). The van der Waals surface area contributed by atoms with Crippen LogP contribution in [0.15, 0.2) is 47.1 Å². The van der Waals surface area contributed by atoms with E-state index in [1.807, 2.05) is 12.2 Å². The van der Waals surface area contributed by atoms with Crippen LogP contribution in [0, 0.1) is 23.7 Å². The third-order valence-electron chi connectivity index (χ3n) is 9.17. The number of carbonyl (C=O) groups excluding carboxylic acids is 2. The SMILES string of the molecule is CC1=C[C@H]2C(=O)O[C@H]3C[C@@H](C/C=C(\C)C[C@@H](C)/C=C/C=C(\C)[C@]2(O)CC1=O)O[C@@]1(CC[C@H](C)[C@@H](C(C)C)O1)C3. The van der Waals surface area contributed by atoms with Crippen molar-refractivity contribution in [3.05, 3.63) is 47.1 Å². The molecule has 1 aliphatic carbocycles. The molecule has 0 aromatic rings. The summed E-state index contributed by atoms with van der Waals surface area (Å²) < 4.78 is 19.6. The first-order valence-corrected chi connectivity index (χ1v) is 14.8. The average Bonchev–Trinajstić information content (AvgIpc) is 2.85. The zero-order chi connectivity index (χ0) is 28.5. The summed E-state index contributed by atoms with van der Waals surface area (Å²) >= 11 is 0. The topological polar surface area (TPSA) is 82.1 Å². The van der Waals surface area contributed by atoms with Crippen LogP contribution < -0.4 is 0 Å². The Labute approximate surface area is 234 Å². The lowest BCUT2D eigenvalue weighted by atomic mass is 9.72. The Morgan fingerprint density at radius 1 is 1.08 bits per heavy atom. The minimum absolute atomic E-state index is 0.0736. The van der Waals surface area contributed by atoms with E-state index in [0.29, 0.717) is 41.7 Å². The van der Waals surface area contributed by atoms with Gasteiger partial charge in [-0.3, -0.25) is 9.59 Å². The summed E-state index contributed by atoms with van der Waals surface area (Å²) in [7, 11) is 0. The van der Waals surface area contributed by atoms with Crippen molar-refractivity contribution in [1.29, 1.82) is 0 Å². The van der Waals surface area contributed by atoms with Crippen molar-refractivity contribution in [3.63, 3.8) is 0 Å². The number of ether oxygens (including phenoxy) is 3. The van der Waals surface area contributed by atoms with Gasteiger partial charge in [0.2, 0.25) is 0 Å². The van der Waals surface area contributed by atoms with Crippen molar-refractivity contribution in [2.24, 2.45) is 23.7 Å². The Morgan fingerprint density at radius 2 is 1.82 bits per heavy atom. The molecule has 3 aliphatic heterocycles. The summed E-state index contributed by atoms with van der Waals surface area (Å²) in [6.07, 6.45) is 13.5.